The minimum atomic E-state index is 0.213. The fourth-order valence-corrected chi connectivity index (χ4v) is 2.91. The van der Waals surface area contributed by atoms with Crippen LogP contribution in [0.3, 0.4) is 0 Å². The predicted octanol–water partition coefficient (Wildman–Crippen LogP) is 2.21. The van der Waals surface area contributed by atoms with Crippen LogP contribution in [0.5, 0.6) is 0 Å². The van der Waals surface area contributed by atoms with Crippen LogP contribution in [0, 0.1) is 0 Å². The molecule has 4 nitrogen and oxygen atoms in total. The first kappa shape index (κ1) is 15.5. The molecule has 0 spiro atoms. The molecule has 0 saturated carbocycles. The average Bonchev–Trinajstić information content (AvgIpc) is 2.79. The molecule has 1 aliphatic rings. The highest BCUT2D eigenvalue weighted by Gasteiger charge is 2.23. The molecule has 1 aliphatic heterocycles. The number of hydrogen-bond acceptors (Lipinski definition) is 3. The number of likely N-dealkylation sites (tertiary alicyclic amines) is 1. The highest BCUT2D eigenvalue weighted by atomic mass is 15.3. The van der Waals surface area contributed by atoms with Crippen LogP contribution < -0.4 is 5.32 Å². The number of aromatic nitrogens is 2. The highest BCUT2D eigenvalue weighted by molar-refractivity contribution is 5.00. The van der Waals surface area contributed by atoms with Crippen LogP contribution in [0.25, 0.3) is 0 Å². The van der Waals surface area contributed by atoms with E-state index in [1.165, 1.54) is 31.5 Å². The molecule has 0 aliphatic carbocycles. The number of piperidine rings is 1. The second-order valence-corrected chi connectivity index (χ2v) is 7.01. The topological polar surface area (TPSA) is 33.1 Å². The summed E-state index contributed by atoms with van der Waals surface area (Å²) in [4.78, 5) is 2.66. The van der Waals surface area contributed by atoms with Crippen LogP contribution in [-0.4, -0.2) is 45.9 Å². The number of nitrogens with one attached hydrogen (secondary N) is 1. The van der Waals surface area contributed by atoms with Gasteiger partial charge in [0.1, 0.15) is 0 Å². The SMILES string of the molecule is Cn1nccc1CCN1CCCCC1CNC(C)(C)C. The molecule has 1 aromatic rings. The van der Waals surface area contributed by atoms with E-state index in [9.17, 15) is 0 Å². The van der Waals surface area contributed by atoms with Gasteiger partial charge in [-0.1, -0.05) is 6.42 Å². The molecule has 2 rings (SSSR count). The molecule has 1 unspecified atom stereocenters. The van der Waals surface area contributed by atoms with Crippen molar-refractivity contribution in [3.05, 3.63) is 18.0 Å². The van der Waals surface area contributed by atoms with Gasteiger partial charge in [0, 0.05) is 50.0 Å². The van der Waals surface area contributed by atoms with Gasteiger partial charge in [0.05, 0.1) is 0 Å². The standard InChI is InChI=1S/C16H30N4/c1-16(2,3)17-13-15-7-5-6-11-20(15)12-9-14-8-10-18-19(14)4/h8,10,15,17H,5-7,9,11-13H2,1-4H3. The van der Waals surface area contributed by atoms with Crippen molar-refractivity contribution in [3.63, 3.8) is 0 Å². The normalized spacial score (nSPS) is 21.3. The Balaban J connectivity index is 1.85. The van der Waals surface area contributed by atoms with Crippen molar-refractivity contribution in [1.82, 2.24) is 20.0 Å². The van der Waals surface area contributed by atoms with Crippen molar-refractivity contribution in [3.8, 4) is 0 Å². The summed E-state index contributed by atoms with van der Waals surface area (Å²) in [6.45, 7) is 10.2. The third kappa shape index (κ3) is 4.60. The maximum absolute atomic E-state index is 4.25. The van der Waals surface area contributed by atoms with Crippen LogP contribution in [0.1, 0.15) is 45.7 Å². The zero-order valence-electron chi connectivity index (χ0n) is 13.5. The Morgan fingerprint density at radius 3 is 2.80 bits per heavy atom. The second kappa shape index (κ2) is 6.72. The maximum atomic E-state index is 4.25. The van der Waals surface area contributed by atoms with Crippen molar-refractivity contribution in [1.29, 1.82) is 0 Å². The molecule has 0 amide bonds. The molecule has 1 fully saturated rings. The predicted molar refractivity (Wildman–Crippen MR) is 83.9 cm³/mol. The van der Waals surface area contributed by atoms with Gasteiger partial charge in [-0.15, -0.1) is 0 Å². The van der Waals surface area contributed by atoms with E-state index in [0.717, 1.165) is 19.5 Å². The Morgan fingerprint density at radius 1 is 1.35 bits per heavy atom. The van der Waals surface area contributed by atoms with Gasteiger partial charge < -0.3 is 5.32 Å². The summed E-state index contributed by atoms with van der Waals surface area (Å²) in [7, 11) is 2.03. The van der Waals surface area contributed by atoms with E-state index in [0.29, 0.717) is 6.04 Å². The van der Waals surface area contributed by atoms with Crippen molar-refractivity contribution in [2.45, 2.75) is 58.0 Å². The Labute approximate surface area is 123 Å². The van der Waals surface area contributed by atoms with E-state index in [4.69, 9.17) is 0 Å². The minimum Gasteiger partial charge on any atom is -0.311 e. The van der Waals surface area contributed by atoms with Crippen LogP contribution in [-0.2, 0) is 13.5 Å². The fourth-order valence-electron chi connectivity index (χ4n) is 2.91. The fraction of sp³-hybridized carbons (Fsp3) is 0.812. The molecule has 2 heterocycles. The third-order valence-corrected chi connectivity index (χ3v) is 4.19. The van der Waals surface area contributed by atoms with Gasteiger partial charge >= 0.3 is 0 Å². The van der Waals surface area contributed by atoms with Gasteiger partial charge in [-0.3, -0.25) is 9.58 Å². The van der Waals surface area contributed by atoms with E-state index in [1.54, 1.807) is 0 Å². The maximum Gasteiger partial charge on any atom is 0.0492 e. The van der Waals surface area contributed by atoms with Gasteiger partial charge in [-0.25, -0.2) is 0 Å². The lowest BCUT2D eigenvalue weighted by molar-refractivity contribution is 0.139. The van der Waals surface area contributed by atoms with Gasteiger partial charge in [0.15, 0.2) is 0 Å². The van der Waals surface area contributed by atoms with E-state index < -0.39 is 0 Å². The van der Waals surface area contributed by atoms with E-state index in [1.807, 2.05) is 17.9 Å². The first-order valence-corrected chi connectivity index (χ1v) is 7.92. The van der Waals surface area contributed by atoms with Crippen molar-refractivity contribution in [2.75, 3.05) is 19.6 Å². The zero-order chi connectivity index (χ0) is 14.6. The average molecular weight is 278 g/mol. The number of nitrogens with zero attached hydrogens (tertiary/aromatic N) is 3. The van der Waals surface area contributed by atoms with E-state index >= 15 is 0 Å². The number of aryl methyl sites for hydroxylation is 1. The molecular weight excluding hydrogens is 248 g/mol. The monoisotopic (exact) mass is 278 g/mol. The third-order valence-electron chi connectivity index (χ3n) is 4.19. The van der Waals surface area contributed by atoms with Gasteiger partial charge in [0.2, 0.25) is 0 Å². The molecule has 20 heavy (non-hydrogen) atoms. The minimum absolute atomic E-state index is 0.213. The first-order valence-electron chi connectivity index (χ1n) is 7.92. The molecule has 1 atom stereocenters. The molecule has 1 saturated heterocycles. The molecule has 114 valence electrons. The van der Waals surface area contributed by atoms with E-state index in [2.05, 4.69) is 42.2 Å². The Bertz CT molecular complexity index is 405. The smallest absolute Gasteiger partial charge is 0.0492 e. The summed E-state index contributed by atoms with van der Waals surface area (Å²) in [6, 6.07) is 2.82. The van der Waals surface area contributed by atoms with Crippen molar-refractivity contribution >= 4 is 0 Å². The van der Waals surface area contributed by atoms with Crippen LogP contribution in [0.2, 0.25) is 0 Å². The summed E-state index contributed by atoms with van der Waals surface area (Å²) in [6.07, 6.45) is 7.04. The largest absolute Gasteiger partial charge is 0.311 e. The van der Waals surface area contributed by atoms with Gasteiger partial charge in [-0.2, -0.15) is 5.10 Å². The van der Waals surface area contributed by atoms with Crippen molar-refractivity contribution < 1.29 is 0 Å². The number of hydrogen-bond donors (Lipinski definition) is 1. The molecule has 1 aromatic heterocycles. The Hall–Kier alpha value is -0.870. The van der Waals surface area contributed by atoms with Crippen LogP contribution >= 0.6 is 0 Å². The molecular formula is C16H30N4. The lowest BCUT2D eigenvalue weighted by Crippen LogP contribution is -2.50. The molecule has 0 radical (unpaired) electrons. The molecule has 4 heteroatoms. The quantitative estimate of drug-likeness (QED) is 0.896. The summed E-state index contributed by atoms with van der Waals surface area (Å²) >= 11 is 0. The second-order valence-electron chi connectivity index (χ2n) is 7.01. The molecule has 0 aromatic carbocycles. The number of rotatable bonds is 5. The summed E-state index contributed by atoms with van der Waals surface area (Å²) in [5.41, 5.74) is 1.55. The van der Waals surface area contributed by atoms with Crippen molar-refractivity contribution in [2.24, 2.45) is 7.05 Å². The Morgan fingerprint density at radius 2 is 2.15 bits per heavy atom. The van der Waals surface area contributed by atoms with Gasteiger partial charge in [0.25, 0.3) is 0 Å². The lowest BCUT2D eigenvalue weighted by Gasteiger charge is -2.37. The van der Waals surface area contributed by atoms with E-state index in [-0.39, 0.29) is 5.54 Å². The zero-order valence-corrected chi connectivity index (χ0v) is 13.5. The van der Waals surface area contributed by atoms with Crippen LogP contribution in [0.15, 0.2) is 12.3 Å². The first-order chi connectivity index (χ1) is 9.46. The van der Waals surface area contributed by atoms with Gasteiger partial charge in [-0.05, 0) is 46.2 Å². The lowest BCUT2D eigenvalue weighted by atomic mass is 10.00. The summed E-state index contributed by atoms with van der Waals surface area (Å²) in [5.74, 6) is 0. The summed E-state index contributed by atoms with van der Waals surface area (Å²) < 4.78 is 1.99. The highest BCUT2D eigenvalue weighted by Crippen LogP contribution is 2.17. The summed E-state index contributed by atoms with van der Waals surface area (Å²) in [5, 5.41) is 7.92. The molecule has 0 bridgehead atoms. The van der Waals surface area contributed by atoms with Crippen LogP contribution in [0.4, 0.5) is 0 Å². The molecule has 1 N–H and O–H groups in total. The Kier molecular flexibility index (Phi) is 5.22.